The maximum absolute atomic E-state index is 13.3. The molecule has 3 heteroatoms. The van der Waals surface area contributed by atoms with Gasteiger partial charge in [-0.25, -0.2) is 0 Å². The van der Waals surface area contributed by atoms with Gasteiger partial charge in [-0.3, -0.25) is 4.79 Å². The van der Waals surface area contributed by atoms with E-state index in [1.807, 2.05) is 6.07 Å². The third-order valence-corrected chi connectivity index (χ3v) is 6.50. The summed E-state index contributed by atoms with van der Waals surface area (Å²) in [5, 5.41) is 3.44. The van der Waals surface area contributed by atoms with Crippen molar-refractivity contribution in [1.82, 2.24) is 10.2 Å². The number of nitrogens with zero attached hydrogens (tertiary/aromatic N) is 1. The van der Waals surface area contributed by atoms with E-state index in [0.29, 0.717) is 12.0 Å². The van der Waals surface area contributed by atoms with Crippen LogP contribution < -0.4 is 5.32 Å². The molecule has 1 unspecified atom stereocenters. The number of hydrogen-bond acceptors (Lipinski definition) is 2. The van der Waals surface area contributed by atoms with Crippen LogP contribution >= 0.6 is 0 Å². The summed E-state index contributed by atoms with van der Waals surface area (Å²) in [7, 11) is 0. The Morgan fingerprint density at radius 3 is 2.58 bits per heavy atom. The number of benzene rings is 1. The summed E-state index contributed by atoms with van der Waals surface area (Å²) in [6.07, 6.45) is 11.8. The second kappa shape index (κ2) is 7.40. The van der Waals surface area contributed by atoms with Crippen molar-refractivity contribution in [2.75, 3.05) is 19.6 Å². The number of rotatable bonds is 5. The summed E-state index contributed by atoms with van der Waals surface area (Å²) in [6.45, 7) is 5.63. The molecular formula is C23H30N2O. The number of carbonyl (C=O) groups is 1. The van der Waals surface area contributed by atoms with Gasteiger partial charge in [-0.15, -0.1) is 0 Å². The molecular weight excluding hydrogens is 320 g/mol. The Hall–Kier alpha value is -1.87. The largest absolute Gasteiger partial charge is 0.351 e. The van der Waals surface area contributed by atoms with E-state index in [1.54, 1.807) is 0 Å². The molecule has 1 N–H and O–H groups in total. The van der Waals surface area contributed by atoms with Crippen LogP contribution in [-0.2, 0) is 4.79 Å². The minimum Gasteiger partial charge on any atom is -0.351 e. The standard InChI is InChI=1S/C23H30N2O/c1-2-12-23(13-8-19(9-14-23)18-6-4-3-5-7-18)22(26)24-21-17-25-15-10-20(21)11-16-25/h3-9,13,20-21H,2,10-12,14-17H2,1H3,(H,24,26)/t21?,23-/m0/s1. The number of allylic oxidation sites excluding steroid dienone is 3. The normalized spacial score (nSPS) is 33.0. The van der Waals surface area contributed by atoms with Crippen LogP contribution in [0.3, 0.4) is 0 Å². The van der Waals surface area contributed by atoms with E-state index in [2.05, 4.69) is 59.6 Å². The molecule has 2 bridgehead atoms. The summed E-state index contributed by atoms with van der Waals surface area (Å²) in [5.74, 6) is 0.906. The van der Waals surface area contributed by atoms with Crippen LogP contribution in [0, 0.1) is 11.3 Å². The minimum atomic E-state index is -0.376. The van der Waals surface area contributed by atoms with Crippen molar-refractivity contribution in [3.05, 3.63) is 54.1 Å². The molecule has 3 nitrogen and oxygen atoms in total. The lowest BCUT2D eigenvalue weighted by molar-refractivity contribution is -0.131. The molecule has 1 aromatic carbocycles. The molecule has 3 heterocycles. The zero-order valence-corrected chi connectivity index (χ0v) is 15.8. The average molecular weight is 351 g/mol. The van der Waals surface area contributed by atoms with E-state index in [1.165, 1.54) is 37.1 Å². The van der Waals surface area contributed by atoms with Gasteiger partial charge in [0, 0.05) is 12.6 Å². The van der Waals surface area contributed by atoms with Gasteiger partial charge in [0.1, 0.15) is 0 Å². The highest BCUT2D eigenvalue weighted by Gasteiger charge is 2.40. The number of carbonyl (C=O) groups excluding carboxylic acids is 1. The van der Waals surface area contributed by atoms with Gasteiger partial charge in [-0.05, 0) is 55.8 Å². The van der Waals surface area contributed by atoms with Gasteiger partial charge in [-0.2, -0.15) is 0 Å². The molecule has 0 aromatic heterocycles. The summed E-state index contributed by atoms with van der Waals surface area (Å²) in [5.41, 5.74) is 2.08. The quantitative estimate of drug-likeness (QED) is 0.870. The van der Waals surface area contributed by atoms with Gasteiger partial charge in [0.15, 0.2) is 0 Å². The van der Waals surface area contributed by atoms with Crippen molar-refractivity contribution < 1.29 is 4.79 Å². The van der Waals surface area contributed by atoms with Crippen LogP contribution in [0.1, 0.15) is 44.6 Å². The maximum atomic E-state index is 13.3. The predicted octanol–water partition coefficient (Wildman–Crippen LogP) is 4.03. The number of amides is 1. The first-order valence-electron chi connectivity index (χ1n) is 10.2. The molecule has 0 radical (unpaired) electrons. The topological polar surface area (TPSA) is 32.3 Å². The van der Waals surface area contributed by atoms with Gasteiger partial charge in [0.25, 0.3) is 0 Å². The van der Waals surface area contributed by atoms with Crippen LogP contribution in [0.15, 0.2) is 48.6 Å². The Morgan fingerprint density at radius 2 is 2.00 bits per heavy atom. The van der Waals surface area contributed by atoms with Crippen LogP contribution in [0.5, 0.6) is 0 Å². The molecule has 0 spiro atoms. The van der Waals surface area contributed by atoms with E-state index in [0.717, 1.165) is 25.8 Å². The molecule has 4 aliphatic rings. The molecule has 0 saturated carbocycles. The summed E-state index contributed by atoms with van der Waals surface area (Å²) < 4.78 is 0. The van der Waals surface area contributed by atoms with Crippen molar-refractivity contribution in [2.45, 2.75) is 45.1 Å². The zero-order chi connectivity index (χ0) is 18.0. The third-order valence-electron chi connectivity index (χ3n) is 6.50. The molecule has 3 fully saturated rings. The average Bonchev–Trinajstić information content (AvgIpc) is 2.70. The fourth-order valence-electron chi connectivity index (χ4n) is 4.88. The highest BCUT2D eigenvalue weighted by molar-refractivity contribution is 5.88. The second-order valence-electron chi connectivity index (χ2n) is 8.19. The molecule has 1 aliphatic carbocycles. The first kappa shape index (κ1) is 17.5. The Labute approximate surface area is 157 Å². The lowest BCUT2D eigenvalue weighted by Gasteiger charge is -2.46. The van der Waals surface area contributed by atoms with Gasteiger partial charge in [0.05, 0.1) is 5.41 Å². The Balaban J connectivity index is 1.48. The van der Waals surface area contributed by atoms with Crippen LogP contribution in [0.2, 0.25) is 0 Å². The summed E-state index contributed by atoms with van der Waals surface area (Å²) in [6, 6.07) is 10.8. The fraction of sp³-hybridized carbons (Fsp3) is 0.522. The summed E-state index contributed by atoms with van der Waals surface area (Å²) in [4.78, 5) is 15.8. The second-order valence-corrected chi connectivity index (χ2v) is 8.19. The first-order chi connectivity index (χ1) is 12.7. The smallest absolute Gasteiger partial charge is 0.230 e. The SMILES string of the molecule is CCC[C@]1(C(=O)NC2CN3CCC2CC3)C=CC(c2ccccc2)=CC1. The number of hydrogen-bond donors (Lipinski definition) is 1. The Morgan fingerprint density at radius 1 is 1.23 bits per heavy atom. The molecule has 2 atom stereocenters. The van der Waals surface area contributed by atoms with Gasteiger partial charge in [0.2, 0.25) is 5.91 Å². The third kappa shape index (κ3) is 3.37. The van der Waals surface area contributed by atoms with Crippen molar-refractivity contribution >= 4 is 11.5 Å². The van der Waals surface area contributed by atoms with Crippen molar-refractivity contribution in [2.24, 2.45) is 11.3 Å². The lowest BCUT2D eigenvalue weighted by Crippen LogP contribution is -2.59. The molecule has 1 aromatic rings. The van der Waals surface area contributed by atoms with Crippen LogP contribution in [0.4, 0.5) is 0 Å². The monoisotopic (exact) mass is 350 g/mol. The molecule has 3 saturated heterocycles. The van der Waals surface area contributed by atoms with E-state index < -0.39 is 0 Å². The van der Waals surface area contributed by atoms with Crippen molar-refractivity contribution in [1.29, 1.82) is 0 Å². The highest BCUT2D eigenvalue weighted by Crippen LogP contribution is 2.38. The molecule has 26 heavy (non-hydrogen) atoms. The number of nitrogens with one attached hydrogen (secondary N) is 1. The molecule has 3 aliphatic heterocycles. The zero-order valence-electron chi connectivity index (χ0n) is 15.8. The fourth-order valence-corrected chi connectivity index (χ4v) is 4.88. The molecule has 138 valence electrons. The molecule has 1 amide bonds. The van der Waals surface area contributed by atoms with Crippen molar-refractivity contribution in [3.63, 3.8) is 0 Å². The molecule has 5 rings (SSSR count). The Bertz CT molecular complexity index is 700. The van der Waals surface area contributed by atoms with E-state index in [9.17, 15) is 4.79 Å². The predicted molar refractivity (Wildman–Crippen MR) is 107 cm³/mol. The van der Waals surface area contributed by atoms with E-state index in [4.69, 9.17) is 0 Å². The van der Waals surface area contributed by atoms with Crippen molar-refractivity contribution in [3.8, 4) is 0 Å². The van der Waals surface area contributed by atoms with Crippen LogP contribution in [-0.4, -0.2) is 36.5 Å². The first-order valence-corrected chi connectivity index (χ1v) is 10.2. The van der Waals surface area contributed by atoms with E-state index in [-0.39, 0.29) is 11.3 Å². The lowest BCUT2D eigenvalue weighted by atomic mass is 9.74. The van der Waals surface area contributed by atoms with Gasteiger partial charge < -0.3 is 10.2 Å². The maximum Gasteiger partial charge on any atom is 0.230 e. The van der Waals surface area contributed by atoms with Crippen LogP contribution in [0.25, 0.3) is 5.57 Å². The van der Waals surface area contributed by atoms with Gasteiger partial charge in [-0.1, -0.05) is 61.9 Å². The Kier molecular flexibility index (Phi) is 4.99. The van der Waals surface area contributed by atoms with Gasteiger partial charge >= 0.3 is 0 Å². The highest BCUT2D eigenvalue weighted by atomic mass is 16.2. The minimum absolute atomic E-state index is 0.234. The summed E-state index contributed by atoms with van der Waals surface area (Å²) >= 11 is 0. The number of fused-ring (bicyclic) bond motifs is 3. The van der Waals surface area contributed by atoms with E-state index >= 15 is 0 Å². The number of piperidine rings is 3.